The van der Waals surface area contributed by atoms with E-state index in [4.69, 9.17) is 5.84 Å². The highest BCUT2D eigenvalue weighted by molar-refractivity contribution is 7.99. The van der Waals surface area contributed by atoms with Gasteiger partial charge in [0.05, 0.1) is 5.75 Å². The predicted molar refractivity (Wildman–Crippen MR) is 105 cm³/mol. The first-order valence-corrected chi connectivity index (χ1v) is 9.78. The number of carbonyl (C=O) groups excluding carboxylic acids is 1. The van der Waals surface area contributed by atoms with Crippen LogP contribution in [-0.4, -0.2) is 36.7 Å². The Morgan fingerprint density at radius 3 is 3.00 bits per heavy atom. The van der Waals surface area contributed by atoms with Gasteiger partial charge in [0.15, 0.2) is 0 Å². The molecule has 9 heteroatoms. The molecular formula is C18H21N7OS. The van der Waals surface area contributed by atoms with Crippen molar-refractivity contribution < 1.29 is 4.79 Å². The standard InChI is InChI=1S/C18H21N7OS/c1-10-6-7-13(11(2)8-10)20-15(26)9-27-18-24-23-17(25(18)19)16-12-4-3-5-14(12)21-22-16/h6-8H,3-5,9,19H2,1-2H3,(H,20,26)(H,21,22). The molecule has 3 aromatic rings. The van der Waals surface area contributed by atoms with Crippen LogP contribution in [0, 0.1) is 13.8 Å². The fourth-order valence-corrected chi connectivity index (χ4v) is 3.97. The second-order valence-corrected chi connectivity index (χ2v) is 7.66. The van der Waals surface area contributed by atoms with E-state index in [1.54, 1.807) is 0 Å². The zero-order valence-electron chi connectivity index (χ0n) is 15.2. The minimum absolute atomic E-state index is 0.114. The smallest absolute Gasteiger partial charge is 0.234 e. The number of fused-ring (bicyclic) bond motifs is 1. The van der Waals surface area contributed by atoms with E-state index in [-0.39, 0.29) is 11.7 Å². The summed E-state index contributed by atoms with van der Waals surface area (Å²) in [5.41, 5.74) is 6.07. The van der Waals surface area contributed by atoms with E-state index in [0.29, 0.717) is 11.0 Å². The van der Waals surface area contributed by atoms with Gasteiger partial charge in [0.25, 0.3) is 0 Å². The summed E-state index contributed by atoms with van der Waals surface area (Å²) >= 11 is 1.25. The van der Waals surface area contributed by atoms with Gasteiger partial charge in [-0.15, -0.1) is 10.2 Å². The number of H-pyrrole nitrogens is 1. The molecule has 4 N–H and O–H groups in total. The molecule has 1 aliphatic carbocycles. The third kappa shape index (κ3) is 3.42. The fraction of sp³-hybridized carbons (Fsp3) is 0.333. The molecule has 1 amide bonds. The highest BCUT2D eigenvalue weighted by Crippen LogP contribution is 2.30. The number of nitrogens with one attached hydrogen (secondary N) is 2. The van der Waals surface area contributed by atoms with Crippen LogP contribution in [0.1, 0.15) is 28.8 Å². The third-order valence-electron chi connectivity index (χ3n) is 4.67. The number of aromatic nitrogens is 5. The molecule has 27 heavy (non-hydrogen) atoms. The molecule has 2 aromatic heterocycles. The molecule has 0 radical (unpaired) electrons. The van der Waals surface area contributed by atoms with Gasteiger partial charge in [0.2, 0.25) is 16.9 Å². The highest BCUT2D eigenvalue weighted by atomic mass is 32.2. The number of hydrogen-bond acceptors (Lipinski definition) is 6. The van der Waals surface area contributed by atoms with Gasteiger partial charge in [-0.2, -0.15) is 5.10 Å². The van der Waals surface area contributed by atoms with Crippen molar-refractivity contribution in [2.45, 2.75) is 38.3 Å². The van der Waals surface area contributed by atoms with Gasteiger partial charge in [0.1, 0.15) is 5.69 Å². The summed E-state index contributed by atoms with van der Waals surface area (Å²) in [6.45, 7) is 4.00. The Hall–Kier alpha value is -2.81. The quantitative estimate of drug-likeness (QED) is 0.460. The van der Waals surface area contributed by atoms with Gasteiger partial charge in [0, 0.05) is 16.9 Å². The van der Waals surface area contributed by atoms with Gasteiger partial charge in [-0.3, -0.25) is 9.89 Å². The maximum absolute atomic E-state index is 12.3. The average Bonchev–Trinajstić information content (AvgIpc) is 3.32. The first-order valence-electron chi connectivity index (χ1n) is 8.80. The molecule has 4 rings (SSSR count). The molecule has 8 nitrogen and oxygen atoms in total. The Labute approximate surface area is 160 Å². The molecule has 0 bridgehead atoms. The number of nitrogens with two attached hydrogens (primary N) is 1. The average molecular weight is 383 g/mol. The van der Waals surface area contributed by atoms with E-state index in [1.165, 1.54) is 22.0 Å². The van der Waals surface area contributed by atoms with Gasteiger partial charge in [-0.1, -0.05) is 29.5 Å². The number of thioether (sulfide) groups is 1. The van der Waals surface area contributed by atoms with E-state index in [2.05, 4.69) is 25.7 Å². The van der Waals surface area contributed by atoms with Crippen LogP contribution in [0.15, 0.2) is 23.4 Å². The van der Waals surface area contributed by atoms with Gasteiger partial charge in [-0.25, -0.2) is 4.68 Å². The summed E-state index contributed by atoms with van der Waals surface area (Å²) in [6.07, 6.45) is 3.08. The van der Waals surface area contributed by atoms with Gasteiger partial charge >= 0.3 is 0 Å². The maximum atomic E-state index is 12.3. The van der Waals surface area contributed by atoms with Crippen molar-refractivity contribution in [2.24, 2.45) is 0 Å². The zero-order valence-corrected chi connectivity index (χ0v) is 16.1. The van der Waals surface area contributed by atoms with Crippen molar-refractivity contribution in [3.8, 4) is 11.5 Å². The molecule has 0 atom stereocenters. The summed E-state index contributed by atoms with van der Waals surface area (Å²) in [4.78, 5) is 12.3. The van der Waals surface area contributed by atoms with Crippen molar-refractivity contribution in [1.29, 1.82) is 0 Å². The molecule has 1 aromatic carbocycles. The monoisotopic (exact) mass is 383 g/mol. The summed E-state index contributed by atoms with van der Waals surface area (Å²) < 4.78 is 1.41. The molecule has 0 aliphatic heterocycles. The molecule has 0 saturated heterocycles. The molecule has 140 valence electrons. The Kier molecular flexibility index (Phi) is 4.61. The lowest BCUT2D eigenvalue weighted by atomic mass is 10.1. The number of benzene rings is 1. The van der Waals surface area contributed by atoms with E-state index in [0.717, 1.165) is 47.5 Å². The normalized spacial score (nSPS) is 13.0. The Morgan fingerprint density at radius 1 is 1.33 bits per heavy atom. The third-order valence-corrected chi connectivity index (χ3v) is 5.61. The Morgan fingerprint density at radius 2 is 2.19 bits per heavy atom. The number of amides is 1. The number of nitrogen functional groups attached to an aromatic ring is 1. The van der Waals surface area contributed by atoms with Crippen LogP contribution >= 0.6 is 11.8 Å². The van der Waals surface area contributed by atoms with Crippen LogP contribution in [0.4, 0.5) is 5.69 Å². The molecule has 0 spiro atoms. The lowest BCUT2D eigenvalue weighted by molar-refractivity contribution is -0.113. The summed E-state index contributed by atoms with van der Waals surface area (Å²) in [7, 11) is 0. The SMILES string of the molecule is Cc1ccc(NC(=O)CSc2nnc(-c3n[nH]c4c3CCC4)n2N)c(C)c1. The number of hydrogen-bond donors (Lipinski definition) is 3. The minimum Gasteiger partial charge on any atom is -0.335 e. The topological polar surface area (TPSA) is 115 Å². The Balaban J connectivity index is 1.43. The van der Waals surface area contributed by atoms with Gasteiger partial charge < -0.3 is 11.2 Å². The summed E-state index contributed by atoms with van der Waals surface area (Å²) in [6, 6.07) is 5.92. The number of aromatic amines is 1. The number of aryl methyl sites for hydroxylation is 3. The fourth-order valence-electron chi connectivity index (χ4n) is 3.31. The summed E-state index contributed by atoms with van der Waals surface area (Å²) in [5.74, 6) is 6.76. The number of nitrogens with zero attached hydrogens (tertiary/aromatic N) is 4. The van der Waals surface area contributed by atoms with E-state index < -0.39 is 0 Å². The van der Waals surface area contributed by atoms with E-state index >= 15 is 0 Å². The molecule has 0 fully saturated rings. The van der Waals surface area contributed by atoms with Crippen molar-refractivity contribution in [3.05, 3.63) is 40.6 Å². The Bertz CT molecular complexity index is 1010. The second kappa shape index (κ2) is 7.07. The van der Waals surface area contributed by atoms with Gasteiger partial charge in [-0.05, 0) is 44.7 Å². The number of carbonyl (C=O) groups is 1. The summed E-state index contributed by atoms with van der Waals surface area (Å²) in [5, 5.41) is 19.1. The minimum atomic E-state index is -0.114. The molecule has 1 aliphatic rings. The largest absolute Gasteiger partial charge is 0.335 e. The molecule has 2 heterocycles. The first-order chi connectivity index (χ1) is 13.0. The van der Waals surface area contributed by atoms with Crippen molar-refractivity contribution in [1.82, 2.24) is 25.1 Å². The molecule has 0 saturated carbocycles. The maximum Gasteiger partial charge on any atom is 0.234 e. The highest BCUT2D eigenvalue weighted by Gasteiger charge is 2.24. The predicted octanol–water partition coefficient (Wildman–Crippen LogP) is 2.22. The van der Waals surface area contributed by atoms with Crippen LogP contribution < -0.4 is 11.2 Å². The molecule has 0 unspecified atom stereocenters. The van der Waals surface area contributed by atoms with Crippen LogP contribution in [0.2, 0.25) is 0 Å². The molecular weight excluding hydrogens is 362 g/mol. The second-order valence-electron chi connectivity index (χ2n) is 6.71. The van der Waals surface area contributed by atoms with Crippen molar-refractivity contribution >= 4 is 23.4 Å². The van der Waals surface area contributed by atoms with Crippen LogP contribution in [0.5, 0.6) is 0 Å². The van der Waals surface area contributed by atoms with E-state index in [1.807, 2.05) is 32.0 Å². The van der Waals surface area contributed by atoms with Crippen LogP contribution in [0.3, 0.4) is 0 Å². The van der Waals surface area contributed by atoms with Crippen LogP contribution in [0.25, 0.3) is 11.5 Å². The number of anilines is 1. The first kappa shape index (κ1) is 17.6. The van der Waals surface area contributed by atoms with Crippen molar-refractivity contribution in [3.63, 3.8) is 0 Å². The lowest BCUT2D eigenvalue weighted by Crippen LogP contribution is -2.17. The van der Waals surface area contributed by atoms with Crippen molar-refractivity contribution in [2.75, 3.05) is 16.9 Å². The lowest BCUT2D eigenvalue weighted by Gasteiger charge is -2.09. The van der Waals surface area contributed by atoms with Crippen LogP contribution in [-0.2, 0) is 17.6 Å². The zero-order chi connectivity index (χ0) is 19.0. The number of rotatable bonds is 5. The van der Waals surface area contributed by atoms with E-state index in [9.17, 15) is 4.79 Å².